The minimum Gasteiger partial charge on any atom is -0.368 e. The summed E-state index contributed by atoms with van der Waals surface area (Å²) in [5, 5.41) is 6.31. The molecule has 0 aromatic rings. The van der Waals surface area contributed by atoms with Gasteiger partial charge in [0.1, 0.15) is 0 Å². The zero-order chi connectivity index (χ0) is 14.0. The van der Waals surface area contributed by atoms with Crippen LogP contribution in [0.5, 0.6) is 0 Å². The van der Waals surface area contributed by atoms with Crippen LogP contribution in [0, 0.1) is 0 Å². The number of amides is 1. The third kappa shape index (κ3) is 3.95. The molecule has 0 bridgehead atoms. The number of nitrogens with one attached hydrogen (secondary N) is 2. The van der Waals surface area contributed by atoms with E-state index in [9.17, 15) is 4.79 Å². The largest absolute Gasteiger partial charge is 0.368 e. The van der Waals surface area contributed by atoms with Gasteiger partial charge in [-0.3, -0.25) is 4.79 Å². The lowest BCUT2D eigenvalue weighted by Crippen LogP contribution is -2.52. The standard InChI is InChI=1S/C14H28N2O2/c1-7-8-15-12(17)10(2)16-11-9-13(3,4)18-14(11,5)6/h10-11,16H,7-9H2,1-6H3,(H,15,17). The molecule has 18 heavy (non-hydrogen) atoms. The van der Waals surface area contributed by atoms with Crippen molar-refractivity contribution in [2.24, 2.45) is 0 Å². The Bertz CT molecular complexity index is 300. The monoisotopic (exact) mass is 256 g/mol. The van der Waals surface area contributed by atoms with Crippen LogP contribution in [0.3, 0.4) is 0 Å². The highest BCUT2D eigenvalue weighted by molar-refractivity contribution is 5.81. The maximum absolute atomic E-state index is 11.8. The molecule has 0 saturated carbocycles. The molecule has 1 heterocycles. The van der Waals surface area contributed by atoms with Gasteiger partial charge in [0.15, 0.2) is 0 Å². The summed E-state index contributed by atoms with van der Waals surface area (Å²) in [5.41, 5.74) is -0.358. The smallest absolute Gasteiger partial charge is 0.236 e. The van der Waals surface area contributed by atoms with Gasteiger partial charge in [-0.2, -0.15) is 0 Å². The molecule has 1 amide bonds. The maximum Gasteiger partial charge on any atom is 0.236 e. The fraction of sp³-hybridized carbons (Fsp3) is 0.929. The molecule has 2 unspecified atom stereocenters. The molecule has 1 aliphatic heterocycles. The predicted octanol–water partition coefficient (Wildman–Crippen LogP) is 1.84. The van der Waals surface area contributed by atoms with Crippen LogP contribution >= 0.6 is 0 Å². The van der Waals surface area contributed by atoms with Crippen molar-refractivity contribution < 1.29 is 9.53 Å². The highest BCUT2D eigenvalue weighted by atomic mass is 16.5. The first-order chi connectivity index (χ1) is 8.18. The lowest BCUT2D eigenvalue weighted by Gasteiger charge is -2.29. The summed E-state index contributed by atoms with van der Waals surface area (Å²) >= 11 is 0. The topological polar surface area (TPSA) is 50.4 Å². The molecule has 1 aliphatic rings. The highest BCUT2D eigenvalue weighted by Crippen LogP contribution is 2.37. The van der Waals surface area contributed by atoms with Gasteiger partial charge in [0, 0.05) is 12.6 Å². The molecule has 2 atom stereocenters. The van der Waals surface area contributed by atoms with E-state index in [1.807, 2.05) is 6.92 Å². The minimum atomic E-state index is -0.233. The van der Waals surface area contributed by atoms with E-state index in [2.05, 4.69) is 45.3 Å². The second-order valence-electron chi connectivity index (χ2n) is 6.40. The van der Waals surface area contributed by atoms with Crippen LogP contribution in [0.2, 0.25) is 0 Å². The van der Waals surface area contributed by atoms with Crippen LogP contribution in [0.15, 0.2) is 0 Å². The Labute approximate surface area is 111 Å². The third-order valence-corrected chi connectivity index (χ3v) is 3.47. The summed E-state index contributed by atoms with van der Waals surface area (Å²) in [5.74, 6) is 0.0670. The van der Waals surface area contributed by atoms with Gasteiger partial charge in [0.05, 0.1) is 17.2 Å². The van der Waals surface area contributed by atoms with Crippen molar-refractivity contribution in [2.45, 2.75) is 77.7 Å². The molecule has 0 spiro atoms. The average Bonchev–Trinajstić information content (AvgIpc) is 2.43. The molecule has 1 fully saturated rings. The van der Waals surface area contributed by atoms with Gasteiger partial charge in [-0.15, -0.1) is 0 Å². The number of hydrogen-bond donors (Lipinski definition) is 2. The maximum atomic E-state index is 11.8. The Hall–Kier alpha value is -0.610. The Balaban J connectivity index is 2.54. The quantitative estimate of drug-likeness (QED) is 0.789. The Kier molecular flexibility index (Phi) is 4.78. The zero-order valence-electron chi connectivity index (χ0n) is 12.6. The lowest BCUT2D eigenvalue weighted by molar-refractivity contribution is -0.123. The molecule has 2 N–H and O–H groups in total. The van der Waals surface area contributed by atoms with Crippen LogP contribution in [-0.2, 0) is 9.53 Å². The Morgan fingerprint density at radius 2 is 2.00 bits per heavy atom. The molecular formula is C14H28N2O2. The first kappa shape index (κ1) is 15.4. The average molecular weight is 256 g/mol. The minimum absolute atomic E-state index is 0.0670. The summed E-state index contributed by atoms with van der Waals surface area (Å²) < 4.78 is 6.02. The summed E-state index contributed by atoms with van der Waals surface area (Å²) in [6.45, 7) is 13.0. The molecule has 0 aromatic heterocycles. The molecule has 1 rings (SSSR count). The molecule has 0 aromatic carbocycles. The van der Waals surface area contributed by atoms with Crippen molar-refractivity contribution >= 4 is 5.91 Å². The van der Waals surface area contributed by atoms with Gasteiger partial charge in [-0.05, 0) is 47.5 Å². The van der Waals surface area contributed by atoms with E-state index in [0.29, 0.717) is 0 Å². The molecule has 1 saturated heterocycles. The molecule has 0 aliphatic carbocycles. The summed E-state index contributed by atoms with van der Waals surface area (Å²) in [4.78, 5) is 11.8. The van der Waals surface area contributed by atoms with E-state index in [1.54, 1.807) is 0 Å². The van der Waals surface area contributed by atoms with Crippen LogP contribution in [0.1, 0.15) is 54.4 Å². The van der Waals surface area contributed by atoms with Crippen LogP contribution in [-0.4, -0.2) is 35.7 Å². The van der Waals surface area contributed by atoms with Crippen molar-refractivity contribution in [3.8, 4) is 0 Å². The Morgan fingerprint density at radius 1 is 1.39 bits per heavy atom. The number of carbonyl (C=O) groups excluding carboxylic acids is 1. The fourth-order valence-corrected chi connectivity index (χ4v) is 2.60. The van der Waals surface area contributed by atoms with Crippen LogP contribution in [0.25, 0.3) is 0 Å². The van der Waals surface area contributed by atoms with E-state index in [1.165, 1.54) is 0 Å². The van der Waals surface area contributed by atoms with E-state index < -0.39 is 0 Å². The summed E-state index contributed by atoms with van der Waals surface area (Å²) in [6, 6.07) is 0.0215. The van der Waals surface area contributed by atoms with E-state index in [0.717, 1.165) is 19.4 Å². The van der Waals surface area contributed by atoms with Gasteiger partial charge in [0.25, 0.3) is 0 Å². The van der Waals surface area contributed by atoms with E-state index in [-0.39, 0.29) is 29.2 Å². The first-order valence-corrected chi connectivity index (χ1v) is 6.92. The number of hydrogen-bond acceptors (Lipinski definition) is 3. The van der Waals surface area contributed by atoms with Crippen LogP contribution in [0.4, 0.5) is 0 Å². The predicted molar refractivity (Wildman–Crippen MR) is 73.5 cm³/mol. The summed E-state index contributed by atoms with van der Waals surface area (Å²) in [6.07, 6.45) is 1.88. The van der Waals surface area contributed by atoms with Gasteiger partial charge >= 0.3 is 0 Å². The summed E-state index contributed by atoms with van der Waals surface area (Å²) in [7, 11) is 0. The second kappa shape index (κ2) is 5.57. The van der Waals surface area contributed by atoms with Crippen molar-refractivity contribution in [3.63, 3.8) is 0 Å². The van der Waals surface area contributed by atoms with Crippen molar-refractivity contribution in [3.05, 3.63) is 0 Å². The molecule has 4 heteroatoms. The van der Waals surface area contributed by atoms with Crippen molar-refractivity contribution in [1.29, 1.82) is 0 Å². The zero-order valence-corrected chi connectivity index (χ0v) is 12.6. The van der Waals surface area contributed by atoms with E-state index in [4.69, 9.17) is 4.74 Å². The SMILES string of the molecule is CCCNC(=O)C(C)NC1CC(C)(C)OC1(C)C. The molecular weight excluding hydrogens is 228 g/mol. The van der Waals surface area contributed by atoms with Gasteiger partial charge in [0.2, 0.25) is 5.91 Å². The van der Waals surface area contributed by atoms with Gasteiger partial charge in [-0.1, -0.05) is 6.92 Å². The number of rotatable bonds is 5. The first-order valence-electron chi connectivity index (χ1n) is 6.92. The lowest BCUT2D eigenvalue weighted by atomic mass is 9.94. The van der Waals surface area contributed by atoms with E-state index >= 15 is 0 Å². The van der Waals surface area contributed by atoms with Crippen LogP contribution < -0.4 is 10.6 Å². The number of carbonyl (C=O) groups is 1. The second-order valence-corrected chi connectivity index (χ2v) is 6.40. The number of ether oxygens (including phenoxy) is 1. The van der Waals surface area contributed by atoms with Gasteiger partial charge in [-0.25, -0.2) is 0 Å². The molecule has 106 valence electrons. The Morgan fingerprint density at radius 3 is 2.44 bits per heavy atom. The van der Waals surface area contributed by atoms with Crippen molar-refractivity contribution in [1.82, 2.24) is 10.6 Å². The van der Waals surface area contributed by atoms with Gasteiger partial charge < -0.3 is 15.4 Å². The molecule has 0 radical (unpaired) electrons. The molecule has 4 nitrogen and oxygen atoms in total. The fourth-order valence-electron chi connectivity index (χ4n) is 2.60. The normalized spacial score (nSPS) is 26.9. The highest BCUT2D eigenvalue weighted by Gasteiger charge is 2.46. The third-order valence-electron chi connectivity index (χ3n) is 3.47. The van der Waals surface area contributed by atoms with Crippen molar-refractivity contribution in [2.75, 3.05) is 6.54 Å².